The minimum Gasteiger partial charge on any atom is -0.456 e. The lowest BCUT2D eigenvalue weighted by Gasteiger charge is -2.16. The zero-order valence-corrected chi connectivity index (χ0v) is 14.6. The van der Waals surface area contributed by atoms with Gasteiger partial charge in [0, 0.05) is 25.6 Å². The van der Waals surface area contributed by atoms with Gasteiger partial charge in [0.2, 0.25) is 0 Å². The third-order valence-corrected chi connectivity index (χ3v) is 4.22. The molecule has 0 saturated heterocycles. The monoisotopic (exact) mass is 347 g/mol. The lowest BCUT2D eigenvalue weighted by Crippen LogP contribution is -2.31. The lowest BCUT2D eigenvalue weighted by molar-refractivity contribution is -0.148. The Morgan fingerprint density at radius 1 is 1.08 bits per heavy atom. The van der Waals surface area contributed by atoms with Crippen molar-refractivity contribution < 1.29 is 23.9 Å². The van der Waals surface area contributed by atoms with E-state index in [2.05, 4.69) is 5.32 Å². The summed E-state index contributed by atoms with van der Waals surface area (Å²) in [5.74, 6) is -1.01. The standard InChI is InChI=1S/C19H25NO5/c1-24-11-10-20-18(22)13-25-19(23)9-8-17(21)16-7-6-14-4-2-3-5-15(14)12-16/h6-7,12H,2-5,8-11,13H2,1H3,(H,20,22). The van der Waals surface area contributed by atoms with Crippen molar-refractivity contribution in [2.24, 2.45) is 0 Å². The molecule has 1 aromatic rings. The van der Waals surface area contributed by atoms with E-state index in [1.165, 1.54) is 24.7 Å². The van der Waals surface area contributed by atoms with Crippen LogP contribution in [0, 0.1) is 0 Å². The molecule has 0 bridgehead atoms. The number of ketones is 1. The highest BCUT2D eigenvalue weighted by molar-refractivity contribution is 5.97. The predicted octanol–water partition coefficient (Wildman–Crippen LogP) is 1.83. The van der Waals surface area contributed by atoms with Crippen molar-refractivity contribution in [1.82, 2.24) is 5.32 Å². The second-order valence-electron chi connectivity index (χ2n) is 6.12. The molecule has 0 fully saturated rings. The first-order valence-corrected chi connectivity index (χ1v) is 8.66. The molecule has 0 unspecified atom stereocenters. The Morgan fingerprint density at radius 2 is 1.84 bits per heavy atom. The summed E-state index contributed by atoms with van der Waals surface area (Å²) >= 11 is 0. The summed E-state index contributed by atoms with van der Waals surface area (Å²) < 4.78 is 9.67. The van der Waals surface area contributed by atoms with Crippen LogP contribution in [0.15, 0.2) is 18.2 Å². The number of aryl methyl sites for hydroxylation is 2. The molecule has 0 heterocycles. The van der Waals surface area contributed by atoms with Crippen LogP contribution in [-0.2, 0) is 31.9 Å². The predicted molar refractivity (Wildman–Crippen MR) is 92.5 cm³/mol. The maximum atomic E-state index is 12.2. The fourth-order valence-corrected chi connectivity index (χ4v) is 2.83. The van der Waals surface area contributed by atoms with Crippen LogP contribution in [0.2, 0.25) is 0 Å². The maximum absolute atomic E-state index is 12.2. The molecule has 0 aliphatic heterocycles. The molecule has 1 amide bonds. The topological polar surface area (TPSA) is 81.7 Å². The quantitative estimate of drug-likeness (QED) is 0.419. The molecule has 6 nitrogen and oxygen atoms in total. The van der Waals surface area contributed by atoms with Crippen molar-refractivity contribution in [3.8, 4) is 0 Å². The molecule has 1 aliphatic carbocycles. The number of hydrogen-bond donors (Lipinski definition) is 1. The van der Waals surface area contributed by atoms with Crippen molar-refractivity contribution in [3.05, 3.63) is 34.9 Å². The first kappa shape index (κ1) is 19.1. The average Bonchev–Trinajstić information content (AvgIpc) is 2.64. The van der Waals surface area contributed by atoms with Gasteiger partial charge >= 0.3 is 5.97 Å². The van der Waals surface area contributed by atoms with E-state index in [4.69, 9.17) is 9.47 Å². The third kappa shape index (κ3) is 6.31. The highest BCUT2D eigenvalue weighted by atomic mass is 16.5. The second kappa shape index (κ2) is 9.93. The molecule has 25 heavy (non-hydrogen) atoms. The van der Waals surface area contributed by atoms with Gasteiger partial charge in [0.25, 0.3) is 5.91 Å². The van der Waals surface area contributed by atoms with Gasteiger partial charge in [-0.3, -0.25) is 14.4 Å². The second-order valence-corrected chi connectivity index (χ2v) is 6.12. The molecule has 0 aromatic heterocycles. The van der Waals surface area contributed by atoms with E-state index in [0.29, 0.717) is 18.7 Å². The van der Waals surface area contributed by atoms with Crippen LogP contribution in [0.3, 0.4) is 0 Å². The van der Waals surface area contributed by atoms with Crippen molar-refractivity contribution in [1.29, 1.82) is 0 Å². The van der Waals surface area contributed by atoms with Crippen molar-refractivity contribution in [2.45, 2.75) is 38.5 Å². The number of carbonyl (C=O) groups excluding carboxylic acids is 3. The molecule has 1 aromatic carbocycles. The third-order valence-electron chi connectivity index (χ3n) is 4.22. The Hall–Kier alpha value is -2.21. The van der Waals surface area contributed by atoms with Crippen LogP contribution in [0.5, 0.6) is 0 Å². The Bertz CT molecular complexity index is 626. The van der Waals surface area contributed by atoms with Crippen LogP contribution in [0.1, 0.15) is 47.2 Å². The highest BCUT2D eigenvalue weighted by Crippen LogP contribution is 2.22. The van der Waals surface area contributed by atoms with Crippen LogP contribution in [0.4, 0.5) is 0 Å². The summed E-state index contributed by atoms with van der Waals surface area (Å²) in [7, 11) is 1.53. The highest BCUT2D eigenvalue weighted by Gasteiger charge is 2.15. The molecule has 0 radical (unpaired) electrons. The van der Waals surface area contributed by atoms with Crippen molar-refractivity contribution in [3.63, 3.8) is 0 Å². The minimum absolute atomic E-state index is 0.0265. The molecule has 1 N–H and O–H groups in total. The van der Waals surface area contributed by atoms with Gasteiger partial charge in [-0.1, -0.05) is 12.1 Å². The first-order valence-electron chi connectivity index (χ1n) is 8.66. The number of hydrogen-bond acceptors (Lipinski definition) is 5. The number of amides is 1. The zero-order valence-electron chi connectivity index (χ0n) is 14.6. The summed E-state index contributed by atoms with van der Waals surface area (Å²) in [4.78, 5) is 35.3. The zero-order chi connectivity index (χ0) is 18.1. The van der Waals surface area contributed by atoms with Gasteiger partial charge in [0.05, 0.1) is 13.0 Å². The van der Waals surface area contributed by atoms with Gasteiger partial charge in [-0.15, -0.1) is 0 Å². The number of Topliss-reactive ketones (excluding diaryl/α,β-unsaturated/α-hetero) is 1. The summed E-state index contributed by atoms with van der Waals surface area (Å²) in [5, 5.41) is 2.55. The fourth-order valence-electron chi connectivity index (χ4n) is 2.83. The molecule has 6 heteroatoms. The van der Waals surface area contributed by atoms with Crippen molar-refractivity contribution >= 4 is 17.7 Å². The van der Waals surface area contributed by atoms with Crippen molar-refractivity contribution in [2.75, 3.05) is 26.9 Å². The Morgan fingerprint density at radius 3 is 2.60 bits per heavy atom. The minimum atomic E-state index is -0.548. The number of methoxy groups -OCH3 is 1. The normalized spacial score (nSPS) is 13.0. The van der Waals surface area contributed by atoms with E-state index >= 15 is 0 Å². The number of benzene rings is 1. The van der Waals surface area contributed by atoms with E-state index in [1.54, 1.807) is 0 Å². The smallest absolute Gasteiger partial charge is 0.306 e. The largest absolute Gasteiger partial charge is 0.456 e. The van der Waals surface area contributed by atoms with E-state index in [1.807, 2.05) is 18.2 Å². The molecule has 1 aliphatic rings. The van der Waals surface area contributed by atoms with Crippen LogP contribution >= 0.6 is 0 Å². The molecule has 0 spiro atoms. The van der Waals surface area contributed by atoms with Gasteiger partial charge in [0.15, 0.2) is 12.4 Å². The number of nitrogens with one attached hydrogen (secondary N) is 1. The summed E-state index contributed by atoms with van der Waals surface area (Å²) in [6.45, 7) is 0.425. The number of rotatable bonds is 9. The maximum Gasteiger partial charge on any atom is 0.306 e. The molecular weight excluding hydrogens is 322 g/mol. The van der Waals surface area contributed by atoms with E-state index in [0.717, 1.165) is 19.3 Å². The number of esters is 1. The molecule has 0 atom stereocenters. The Labute approximate surface area is 147 Å². The summed E-state index contributed by atoms with van der Waals surface area (Å²) in [6.07, 6.45) is 4.50. The van der Waals surface area contributed by atoms with Crippen LogP contribution in [-0.4, -0.2) is 44.5 Å². The van der Waals surface area contributed by atoms with Crippen LogP contribution in [0.25, 0.3) is 0 Å². The van der Waals surface area contributed by atoms with E-state index in [9.17, 15) is 14.4 Å². The van der Waals surface area contributed by atoms with Gasteiger partial charge < -0.3 is 14.8 Å². The molecule has 0 saturated carbocycles. The van der Waals surface area contributed by atoms with Crippen LogP contribution < -0.4 is 5.32 Å². The number of carbonyl (C=O) groups is 3. The van der Waals surface area contributed by atoms with E-state index in [-0.39, 0.29) is 31.1 Å². The van der Waals surface area contributed by atoms with Gasteiger partial charge in [-0.2, -0.15) is 0 Å². The summed E-state index contributed by atoms with van der Waals surface area (Å²) in [5.41, 5.74) is 3.21. The Balaban J connectivity index is 1.72. The lowest BCUT2D eigenvalue weighted by atomic mass is 9.89. The number of fused-ring (bicyclic) bond motifs is 1. The molecule has 136 valence electrons. The molecular formula is C19H25NO5. The SMILES string of the molecule is COCCNC(=O)COC(=O)CCC(=O)c1ccc2c(c1)CCCC2. The van der Waals surface area contributed by atoms with Gasteiger partial charge in [-0.05, 0) is 42.9 Å². The summed E-state index contributed by atoms with van der Waals surface area (Å²) in [6, 6.07) is 5.80. The average molecular weight is 347 g/mol. The number of ether oxygens (including phenoxy) is 2. The molecule has 2 rings (SSSR count). The fraction of sp³-hybridized carbons (Fsp3) is 0.526. The van der Waals surface area contributed by atoms with Gasteiger partial charge in [0.1, 0.15) is 0 Å². The first-order chi connectivity index (χ1) is 12.1. The van der Waals surface area contributed by atoms with E-state index < -0.39 is 5.97 Å². The van der Waals surface area contributed by atoms with Gasteiger partial charge in [-0.25, -0.2) is 0 Å². The Kier molecular flexibility index (Phi) is 7.60.